The van der Waals surface area contributed by atoms with Crippen LogP contribution in [-0.4, -0.2) is 55.0 Å². The molecule has 2 heterocycles. The maximum absolute atomic E-state index is 13.0. The van der Waals surface area contributed by atoms with Crippen LogP contribution < -0.4 is 4.90 Å². The van der Waals surface area contributed by atoms with Crippen LogP contribution in [0.5, 0.6) is 0 Å². The highest BCUT2D eigenvalue weighted by molar-refractivity contribution is 5.94. The van der Waals surface area contributed by atoms with E-state index in [9.17, 15) is 4.79 Å². The van der Waals surface area contributed by atoms with Crippen LogP contribution in [0.4, 0.5) is 5.69 Å². The smallest absolute Gasteiger partial charge is 0.253 e. The van der Waals surface area contributed by atoms with Crippen LogP contribution >= 0.6 is 0 Å². The molecule has 0 bridgehead atoms. The first kappa shape index (κ1) is 20.9. The van der Waals surface area contributed by atoms with Crippen molar-refractivity contribution in [2.75, 3.05) is 44.2 Å². The van der Waals surface area contributed by atoms with E-state index in [1.165, 1.54) is 61.2 Å². The third-order valence-corrected chi connectivity index (χ3v) is 6.79. The Balaban J connectivity index is 1.33. The fourth-order valence-electron chi connectivity index (χ4n) is 4.72. The number of aryl methyl sites for hydroxylation is 1. The average molecular weight is 406 g/mol. The number of carbonyl (C=O) groups is 1. The molecule has 2 aliphatic rings. The Morgan fingerprint density at radius 1 is 0.800 bits per heavy atom. The molecule has 0 unspecified atom stereocenters. The van der Waals surface area contributed by atoms with Crippen molar-refractivity contribution in [2.24, 2.45) is 0 Å². The SMILES string of the molecule is Cc1cccc(N2CCN(C(=O)c3ccc(CN4CCCCCC4)cc3)CC2)c1C. The molecule has 4 nitrogen and oxygen atoms in total. The van der Waals surface area contributed by atoms with E-state index < -0.39 is 0 Å². The van der Waals surface area contributed by atoms with E-state index in [1.54, 1.807) is 0 Å². The molecule has 0 spiro atoms. The summed E-state index contributed by atoms with van der Waals surface area (Å²) in [6, 6.07) is 14.8. The lowest BCUT2D eigenvalue weighted by Gasteiger charge is -2.37. The van der Waals surface area contributed by atoms with E-state index in [0.29, 0.717) is 0 Å². The summed E-state index contributed by atoms with van der Waals surface area (Å²) in [7, 11) is 0. The molecule has 0 saturated carbocycles. The Kier molecular flexibility index (Phi) is 6.73. The molecule has 2 aromatic carbocycles. The zero-order chi connectivity index (χ0) is 20.9. The Bertz CT molecular complexity index is 845. The number of hydrogen-bond donors (Lipinski definition) is 0. The van der Waals surface area contributed by atoms with E-state index in [4.69, 9.17) is 0 Å². The Labute approximate surface area is 181 Å². The highest BCUT2D eigenvalue weighted by Gasteiger charge is 2.23. The van der Waals surface area contributed by atoms with E-state index in [2.05, 4.69) is 54.0 Å². The number of amides is 1. The van der Waals surface area contributed by atoms with Crippen LogP contribution in [0.15, 0.2) is 42.5 Å². The van der Waals surface area contributed by atoms with Crippen molar-refractivity contribution in [3.8, 4) is 0 Å². The summed E-state index contributed by atoms with van der Waals surface area (Å²) in [6.07, 6.45) is 5.34. The summed E-state index contributed by atoms with van der Waals surface area (Å²) >= 11 is 0. The van der Waals surface area contributed by atoms with Crippen LogP contribution in [0.2, 0.25) is 0 Å². The van der Waals surface area contributed by atoms with Gasteiger partial charge in [0.15, 0.2) is 0 Å². The molecule has 0 aromatic heterocycles. The first-order valence-corrected chi connectivity index (χ1v) is 11.5. The van der Waals surface area contributed by atoms with Gasteiger partial charge in [0.05, 0.1) is 0 Å². The Hall–Kier alpha value is -2.33. The lowest BCUT2D eigenvalue weighted by molar-refractivity contribution is 0.0746. The standard InChI is InChI=1S/C26H35N3O/c1-21-8-7-9-25(22(21)2)28-16-18-29(19-17-28)26(30)24-12-10-23(11-13-24)20-27-14-5-3-4-6-15-27/h7-13H,3-6,14-20H2,1-2H3. The number of carbonyl (C=O) groups excluding carboxylic acids is 1. The molecule has 160 valence electrons. The number of piperazine rings is 1. The van der Waals surface area contributed by atoms with Gasteiger partial charge in [-0.05, 0) is 74.7 Å². The topological polar surface area (TPSA) is 26.8 Å². The van der Waals surface area contributed by atoms with Crippen molar-refractivity contribution >= 4 is 11.6 Å². The number of hydrogen-bond acceptors (Lipinski definition) is 3. The van der Waals surface area contributed by atoms with Crippen molar-refractivity contribution in [3.63, 3.8) is 0 Å². The summed E-state index contributed by atoms with van der Waals surface area (Å²) in [5.74, 6) is 0.164. The number of benzene rings is 2. The molecule has 2 aromatic rings. The molecular weight excluding hydrogens is 370 g/mol. The van der Waals surface area contributed by atoms with Gasteiger partial charge in [-0.25, -0.2) is 0 Å². The first-order valence-electron chi connectivity index (χ1n) is 11.5. The minimum Gasteiger partial charge on any atom is -0.368 e. The fourth-order valence-corrected chi connectivity index (χ4v) is 4.72. The zero-order valence-corrected chi connectivity index (χ0v) is 18.6. The van der Waals surface area contributed by atoms with Gasteiger partial charge in [-0.15, -0.1) is 0 Å². The monoisotopic (exact) mass is 405 g/mol. The van der Waals surface area contributed by atoms with Gasteiger partial charge >= 0.3 is 0 Å². The molecule has 2 fully saturated rings. The largest absolute Gasteiger partial charge is 0.368 e. The molecule has 4 rings (SSSR count). The van der Waals surface area contributed by atoms with Crippen LogP contribution in [0, 0.1) is 13.8 Å². The molecule has 0 N–H and O–H groups in total. The van der Waals surface area contributed by atoms with Gasteiger partial charge in [0.2, 0.25) is 0 Å². The van der Waals surface area contributed by atoms with E-state index >= 15 is 0 Å². The maximum atomic E-state index is 13.0. The van der Waals surface area contributed by atoms with Gasteiger partial charge in [0.1, 0.15) is 0 Å². The summed E-state index contributed by atoms with van der Waals surface area (Å²) in [6.45, 7) is 11.1. The quantitative estimate of drug-likeness (QED) is 0.741. The van der Waals surface area contributed by atoms with Gasteiger partial charge in [-0.2, -0.15) is 0 Å². The van der Waals surface area contributed by atoms with Crippen LogP contribution in [0.25, 0.3) is 0 Å². The lowest BCUT2D eigenvalue weighted by atomic mass is 10.1. The van der Waals surface area contributed by atoms with Crippen LogP contribution in [0.1, 0.15) is 52.7 Å². The van der Waals surface area contributed by atoms with E-state index in [0.717, 1.165) is 38.3 Å². The van der Waals surface area contributed by atoms with Crippen molar-refractivity contribution in [1.29, 1.82) is 0 Å². The molecule has 2 saturated heterocycles. The third-order valence-electron chi connectivity index (χ3n) is 6.79. The second-order valence-electron chi connectivity index (χ2n) is 8.89. The average Bonchev–Trinajstić information content (AvgIpc) is 3.05. The number of anilines is 1. The molecule has 1 amide bonds. The first-order chi connectivity index (χ1) is 14.6. The predicted octanol–water partition coefficient (Wildman–Crippen LogP) is 4.64. The number of likely N-dealkylation sites (tertiary alicyclic amines) is 1. The maximum Gasteiger partial charge on any atom is 0.253 e. The van der Waals surface area contributed by atoms with Gasteiger partial charge in [0.25, 0.3) is 5.91 Å². The second kappa shape index (κ2) is 9.65. The Morgan fingerprint density at radius 3 is 2.13 bits per heavy atom. The van der Waals surface area contributed by atoms with Gasteiger partial charge in [0, 0.05) is 44.0 Å². The van der Waals surface area contributed by atoms with Crippen molar-refractivity contribution in [3.05, 3.63) is 64.7 Å². The van der Waals surface area contributed by atoms with Crippen LogP contribution in [-0.2, 0) is 6.54 Å². The fraction of sp³-hybridized carbons (Fsp3) is 0.500. The number of rotatable bonds is 4. The molecule has 0 atom stereocenters. The predicted molar refractivity (Wildman–Crippen MR) is 124 cm³/mol. The van der Waals surface area contributed by atoms with Gasteiger partial charge in [-0.1, -0.05) is 37.1 Å². The summed E-state index contributed by atoms with van der Waals surface area (Å²) in [5.41, 5.74) is 6.10. The highest BCUT2D eigenvalue weighted by atomic mass is 16.2. The van der Waals surface area contributed by atoms with E-state index in [1.807, 2.05) is 17.0 Å². The third kappa shape index (κ3) is 4.86. The highest BCUT2D eigenvalue weighted by Crippen LogP contribution is 2.24. The zero-order valence-electron chi connectivity index (χ0n) is 18.6. The van der Waals surface area contributed by atoms with Gasteiger partial charge < -0.3 is 9.80 Å². The van der Waals surface area contributed by atoms with E-state index in [-0.39, 0.29) is 5.91 Å². The molecule has 30 heavy (non-hydrogen) atoms. The summed E-state index contributed by atoms with van der Waals surface area (Å²) < 4.78 is 0. The van der Waals surface area contributed by atoms with Crippen LogP contribution in [0.3, 0.4) is 0 Å². The normalized spacial score (nSPS) is 18.3. The summed E-state index contributed by atoms with van der Waals surface area (Å²) in [5, 5.41) is 0. The summed E-state index contributed by atoms with van der Waals surface area (Å²) in [4.78, 5) is 20.0. The molecule has 4 heteroatoms. The Morgan fingerprint density at radius 2 is 1.47 bits per heavy atom. The molecule has 0 radical (unpaired) electrons. The molecule has 2 aliphatic heterocycles. The lowest BCUT2D eigenvalue weighted by Crippen LogP contribution is -2.49. The van der Waals surface area contributed by atoms with Crippen molar-refractivity contribution in [1.82, 2.24) is 9.80 Å². The van der Waals surface area contributed by atoms with Gasteiger partial charge in [-0.3, -0.25) is 9.69 Å². The minimum absolute atomic E-state index is 0.164. The van der Waals surface area contributed by atoms with Crippen molar-refractivity contribution < 1.29 is 4.79 Å². The molecule has 0 aliphatic carbocycles. The van der Waals surface area contributed by atoms with Crippen molar-refractivity contribution in [2.45, 2.75) is 46.1 Å². The second-order valence-corrected chi connectivity index (χ2v) is 8.89. The minimum atomic E-state index is 0.164. The number of nitrogens with zero attached hydrogens (tertiary/aromatic N) is 3. The molecular formula is C26H35N3O.